The first-order valence-electron chi connectivity index (χ1n) is 9.32. The Morgan fingerprint density at radius 3 is 1.86 bits per heavy atom. The summed E-state index contributed by atoms with van der Waals surface area (Å²) in [7, 11) is 4.21. The Bertz CT molecular complexity index is 1290. The number of methoxy groups -OCH3 is 3. The number of nitrogens with zero attached hydrogens (tertiary/aromatic N) is 1. The predicted octanol–water partition coefficient (Wildman–Crippen LogP) is 3.96. The number of carbonyl (C=O) groups excluding carboxylic acids is 1. The van der Waals surface area contributed by atoms with Crippen LogP contribution in [0.4, 0.5) is 17.6 Å². The topological polar surface area (TPSA) is 132 Å². The normalized spacial score (nSPS) is 10.7. The fraction of sp³-hybridized carbons (Fsp3) is 0.182. The molecule has 0 bridgehead atoms. The van der Waals surface area contributed by atoms with Crippen molar-refractivity contribution in [3.8, 4) is 17.2 Å². The van der Waals surface area contributed by atoms with Crippen molar-refractivity contribution in [1.29, 1.82) is 0 Å². The number of fused-ring (bicyclic) bond motifs is 1. The van der Waals surface area contributed by atoms with Crippen LogP contribution in [0.5, 0.6) is 17.2 Å². The Morgan fingerprint density at radius 1 is 0.857 bits per heavy atom. The first-order valence-corrected chi connectivity index (χ1v) is 9.32. The fourth-order valence-electron chi connectivity index (χ4n) is 2.85. The molecule has 0 atom stereocenters. The van der Waals surface area contributed by atoms with Gasteiger partial charge in [-0.1, -0.05) is 0 Å². The first kappa shape index (κ1) is 26.8. The van der Waals surface area contributed by atoms with E-state index < -0.39 is 29.7 Å². The lowest BCUT2D eigenvalue weighted by atomic mass is 9.98. The van der Waals surface area contributed by atoms with Gasteiger partial charge >= 0.3 is 18.1 Å². The quantitative estimate of drug-likeness (QED) is 0.382. The molecule has 0 radical (unpaired) electrons. The third-order valence-electron chi connectivity index (χ3n) is 4.50. The Balaban J connectivity index is 0.000000540. The summed E-state index contributed by atoms with van der Waals surface area (Å²) in [6, 6.07) is 6.65. The number of hydrogen-bond donors (Lipinski definition) is 2. The summed E-state index contributed by atoms with van der Waals surface area (Å²) in [6.45, 7) is 0. The van der Waals surface area contributed by atoms with Crippen LogP contribution in [0.3, 0.4) is 0 Å². The summed E-state index contributed by atoms with van der Waals surface area (Å²) >= 11 is 0. The molecule has 1 aromatic heterocycles. The van der Waals surface area contributed by atoms with Gasteiger partial charge in [0.25, 0.3) is 0 Å². The lowest BCUT2D eigenvalue weighted by molar-refractivity contribution is -0.192. The number of rotatable bonds is 6. The van der Waals surface area contributed by atoms with Crippen LogP contribution in [0.2, 0.25) is 0 Å². The number of halogens is 4. The van der Waals surface area contributed by atoms with E-state index in [1.807, 2.05) is 0 Å². The standard InChI is InChI=1S/C20H16FNO6.C2HF3O2/c1-26-10-4-5-15(21)13(6-10)19(23)18-12-8-17(28-3)16(27-2)7-11(12)14(9-22-18)20(24)25;3-2(4,5)1(6)7/h4-9H,1-3H3,(H,24,25);(H,6,7). The number of ether oxygens (including phenoxy) is 3. The largest absolute Gasteiger partial charge is 0.497 e. The second-order valence-electron chi connectivity index (χ2n) is 6.56. The third-order valence-corrected chi connectivity index (χ3v) is 4.50. The summed E-state index contributed by atoms with van der Waals surface area (Å²) in [6.07, 6.45) is -4.03. The molecular formula is C22H17F4NO8. The van der Waals surface area contributed by atoms with Crippen molar-refractivity contribution in [1.82, 2.24) is 4.98 Å². The van der Waals surface area contributed by atoms with Gasteiger partial charge in [-0.15, -0.1) is 0 Å². The SMILES string of the molecule is COc1ccc(F)c(C(=O)c2ncc(C(=O)O)c3cc(OC)c(OC)cc23)c1.O=C(O)C(F)(F)F. The molecule has 9 nitrogen and oxygen atoms in total. The predicted molar refractivity (Wildman–Crippen MR) is 112 cm³/mol. The Kier molecular flexibility index (Phi) is 8.18. The van der Waals surface area contributed by atoms with E-state index in [2.05, 4.69) is 4.98 Å². The van der Waals surface area contributed by atoms with Crippen molar-refractivity contribution < 1.29 is 56.4 Å². The molecule has 3 aromatic rings. The zero-order chi connectivity index (χ0) is 26.5. The average molecular weight is 499 g/mol. The van der Waals surface area contributed by atoms with E-state index in [-0.39, 0.29) is 39.1 Å². The van der Waals surface area contributed by atoms with Crippen LogP contribution in [0, 0.1) is 5.82 Å². The molecule has 0 spiro atoms. The molecule has 0 unspecified atom stereocenters. The number of ketones is 1. The van der Waals surface area contributed by atoms with Crippen LogP contribution < -0.4 is 14.2 Å². The lowest BCUT2D eigenvalue weighted by Gasteiger charge is -2.13. The number of benzene rings is 2. The molecule has 2 aromatic carbocycles. The Hall–Kier alpha value is -4.42. The van der Waals surface area contributed by atoms with Crippen molar-refractivity contribution in [2.24, 2.45) is 0 Å². The monoisotopic (exact) mass is 499 g/mol. The second kappa shape index (κ2) is 10.7. The molecular weight excluding hydrogens is 482 g/mol. The summed E-state index contributed by atoms with van der Waals surface area (Å²) in [5.41, 5.74) is -0.488. The van der Waals surface area contributed by atoms with Gasteiger partial charge in [-0.05, 0) is 30.3 Å². The molecule has 186 valence electrons. The van der Waals surface area contributed by atoms with Crippen molar-refractivity contribution in [2.75, 3.05) is 21.3 Å². The minimum Gasteiger partial charge on any atom is -0.497 e. The van der Waals surface area contributed by atoms with E-state index in [4.69, 9.17) is 24.1 Å². The fourth-order valence-corrected chi connectivity index (χ4v) is 2.85. The minimum absolute atomic E-state index is 0.117. The molecule has 0 aliphatic rings. The van der Waals surface area contributed by atoms with Gasteiger partial charge in [-0.2, -0.15) is 13.2 Å². The van der Waals surface area contributed by atoms with Crippen molar-refractivity contribution in [3.05, 3.63) is 59.2 Å². The van der Waals surface area contributed by atoms with Crippen LogP contribution in [0.15, 0.2) is 36.5 Å². The molecule has 35 heavy (non-hydrogen) atoms. The summed E-state index contributed by atoms with van der Waals surface area (Å²) in [5, 5.41) is 17.0. The highest BCUT2D eigenvalue weighted by atomic mass is 19.4. The summed E-state index contributed by atoms with van der Waals surface area (Å²) in [4.78, 5) is 37.5. The molecule has 0 aliphatic carbocycles. The number of aliphatic carboxylic acids is 1. The number of carboxylic acid groups (broad SMARTS) is 2. The summed E-state index contributed by atoms with van der Waals surface area (Å²) in [5.74, 6) is -4.58. The Morgan fingerprint density at radius 2 is 1.40 bits per heavy atom. The van der Waals surface area contributed by atoms with Crippen LogP contribution >= 0.6 is 0 Å². The maximum absolute atomic E-state index is 14.3. The maximum Gasteiger partial charge on any atom is 0.490 e. The van der Waals surface area contributed by atoms with Crippen LogP contribution in [-0.2, 0) is 4.79 Å². The van der Waals surface area contributed by atoms with Crippen LogP contribution in [0.25, 0.3) is 10.8 Å². The molecule has 1 heterocycles. The van der Waals surface area contributed by atoms with Gasteiger partial charge in [0.2, 0.25) is 5.78 Å². The van der Waals surface area contributed by atoms with Crippen molar-refractivity contribution in [2.45, 2.75) is 6.18 Å². The maximum atomic E-state index is 14.3. The van der Waals surface area contributed by atoms with E-state index in [1.165, 1.54) is 45.6 Å². The highest BCUT2D eigenvalue weighted by Gasteiger charge is 2.38. The van der Waals surface area contributed by atoms with Gasteiger partial charge in [-0.3, -0.25) is 9.78 Å². The number of alkyl halides is 3. The number of carbonyl (C=O) groups is 3. The summed E-state index contributed by atoms with van der Waals surface area (Å²) < 4.78 is 61.5. The van der Waals surface area contributed by atoms with Crippen LogP contribution in [0.1, 0.15) is 26.4 Å². The molecule has 13 heteroatoms. The zero-order valence-corrected chi connectivity index (χ0v) is 18.3. The minimum atomic E-state index is -5.08. The van der Waals surface area contributed by atoms with E-state index in [0.717, 1.165) is 12.3 Å². The number of pyridine rings is 1. The van der Waals surface area contributed by atoms with E-state index in [0.29, 0.717) is 5.75 Å². The molecule has 0 saturated heterocycles. The van der Waals surface area contributed by atoms with Gasteiger partial charge < -0.3 is 24.4 Å². The van der Waals surface area contributed by atoms with Crippen molar-refractivity contribution in [3.63, 3.8) is 0 Å². The van der Waals surface area contributed by atoms with Gasteiger partial charge in [0, 0.05) is 17.0 Å². The third kappa shape index (κ3) is 5.93. The van der Waals surface area contributed by atoms with E-state index in [1.54, 1.807) is 0 Å². The van der Waals surface area contributed by atoms with Gasteiger partial charge in [0.1, 0.15) is 17.3 Å². The molecule has 0 fully saturated rings. The lowest BCUT2D eigenvalue weighted by Crippen LogP contribution is -2.21. The van der Waals surface area contributed by atoms with Crippen LogP contribution in [-0.4, -0.2) is 60.4 Å². The smallest absolute Gasteiger partial charge is 0.490 e. The van der Waals surface area contributed by atoms with E-state index in [9.17, 15) is 32.3 Å². The number of carboxylic acids is 2. The number of aromatic carboxylic acids is 1. The second-order valence-corrected chi connectivity index (χ2v) is 6.56. The molecule has 0 aliphatic heterocycles. The number of hydrogen-bond acceptors (Lipinski definition) is 7. The Labute approximate surface area is 194 Å². The zero-order valence-electron chi connectivity index (χ0n) is 18.3. The molecule has 0 saturated carbocycles. The number of aromatic nitrogens is 1. The average Bonchev–Trinajstić information content (AvgIpc) is 2.81. The first-order chi connectivity index (χ1) is 16.3. The van der Waals surface area contributed by atoms with Crippen molar-refractivity contribution >= 4 is 28.5 Å². The molecule has 2 N–H and O–H groups in total. The highest BCUT2D eigenvalue weighted by Crippen LogP contribution is 2.35. The van der Waals surface area contributed by atoms with Gasteiger partial charge in [0.05, 0.1) is 32.5 Å². The van der Waals surface area contributed by atoms with Gasteiger partial charge in [-0.25, -0.2) is 14.0 Å². The van der Waals surface area contributed by atoms with E-state index >= 15 is 0 Å². The van der Waals surface area contributed by atoms with Gasteiger partial charge in [0.15, 0.2) is 11.5 Å². The molecule has 3 rings (SSSR count). The highest BCUT2D eigenvalue weighted by molar-refractivity contribution is 6.18. The molecule has 0 amide bonds.